The molecule has 3 N–H and O–H groups in total. The number of rotatable bonds is 4. The van der Waals surface area contributed by atoms with Crippen LogP contribution in [0.15, 0.2) is 18.2 Å². The van der Waals surface area contributed by atoms with Gasteiger partial charge in [-0.2, -0.15) is 4.98 Å². The number of hydrogen-bond donors (Lipinski definition) is 3. The van der Waals surface area contributed by atoms with Crippen LogP contribution >= 0.6 is 0 Å². The second-order valence-corrected chi connectivity index (χ2v) is 7.77. The Bertz CT molecular complexity index is 974. The Morgan fingerprint density at radius 1 is 1.25 bits per heavy atom. The Kier molecular flexibility index (Phi) is 4.19. The van der Waals surface area contributed by atoms with Crippen LogP contribution < -0.4 is 20.7 Å². The molecule has 0 unspecified atom stereocenters. The zero-order chi connectivity index (χ0) is 19.3. The highest BCUT2D eigenvalue weighted by Gasteiger charge is 2.35. The van der Waals surface area contributed by atoms with Crippen molar-refractivity contribution < 1.29 is 9.13 Å². The molecule has 7 heteroatoms. The maximum atomic E-state index is 15.7. The van der Waals surface area contributed by atoms with E-state index in [-0.39, 0.29) is 5.82 Å². The number of anilines is 3. The van der Waals surface area contributed by atoms with Gasteiger partial charge in [0, 0.05) is 37.3 Å². The number of allylic oxidation sites excluding steroid dienone is 1. The van der Waals surface area contributed by atoms with Crippen LogP contribution in [-0.2, 0) is 6.42 Å². The van der Waals surface area contributed by atoms with Crippen LogP contribution in [0.3, 0.4) is 0 Å². The molecule has 1 aliphatic carbocycles. The van der Waals surface area contributed by atoms with Crippen LogP contribution in [0.4, 0.5) is 21.8 Å². The number of aryl methyl sites for hydroxylation is 1. The van der Waals surface area contributed by atoms with E-state index in [4.69, 9.17) is 4.74 Å². The molecule has 3 aliphatic rings. The molecule has 28 heavy (non-hydrogen) atoms. The first-order chi connectivity index (χ1) is 13.6. The molecule has 3 heterocycles. The highest BCUT2D eigenvalue weighted by molar-refractivity contribution is 5.79. The average molecular weight is 381 g/mol. The fraction of sp³-hybridized carbons (Fsp3) is 0.429. The predicted molar refractivity (Wildman–Crippen MR) is 108 cm³/mol. The minimum Gasteiger partial charge on any atom is -0.492 e. The van der Waals surface area contributed by atoms with Gasteiger partial charge in [-0.15, -0.1) is 0 Å². The van der Waals surface area contributed by atoms with Gasteiger partial charge in [-0.3, -0.25) is 0 Å². The molecule has 1 aromatic heterocycles. The van der Waals surface area contributed by atoms with Crippen LogP contribution in [0.1, 0.15) is 23.2 Å². The molecular formula is C21H24FN5O. The largest absolute Gasteiger partial charge is 0.492 e. The van der Waals surface area contributed by atoms with Crippen LogP contribution in [0, 0.1) is 24.6 Å². The van der Waals surface area contributed by atoms with E-state index in [1.165, 1.54) is 0 Å². The molecular weight excluding hydrogens is 357 g/mol. The molecule has 1 aromatic carbocycles. The summed E-state index contributed by atoms with van der Waals surface area (Å²) in [6.07, 6.45) is 3.91. The zero-order valence-corrected chi connectivity index (χ0v) is 16.1. The van der Waals surface area contributed by atoms with E-state index >= 15 is 4.39 Å². The maximum Gasteiger partial charge on any atom is 0.229 e. The molecule has 146 valence electrons. The second-order valence-electron chi connectivity index (χ2n) is 7.77. The van der Waals surface area contributed by atoms with Crippen molar-refractivity contribution in [3.63, 3.8) is 0 Å². The molecule has 1 fully saturated rings. The first-order valence-corrected chi connectivity index (χ1v) is 9.83. The number of hydrogen-bond acceptors (Lipinski definition) is 6. The molecule has 2 aromatic rings. The van der Waals surface area contributed by atoms with Crippen molar-refractivity contribution in [2.45, 2.75) is 19.8 Å². The SMILES string of the molecule is CNc1cc(C)nc(Nc2cc3c(c(C4=C[C@@H]5CNC[C@@H]5C4)c2F)OCC3)n1. The molecule has 2 atom stereocenters. The van der Waals surface area contributed by atoms with Crippen LogP contribution in [0.25, 0.3) is 5.57 Å². The summed E-state index contributed by atoms with van der Waals surface area (Å²) in [7, 11) is 1.80. The number of ether oxygens (including phenoxy) is 1. The zero-order valence-electron chi connectivity index (χ0n) is 16.1. The monoisotopic (exact) mass is 381 g/mol. The van der Waals surface area contributed by atoms with Gasteiger partial charge in [0.1, 0.15) is 11.6 Å². The quantitative estimate of drug-likeness (QED) is 0.755. The van der Waals surface area contributed by atoms with Crippen LogP contribution in [0.2, 0.25) is 0 Å². The summed E-state index contributed by atoms with van der Waals surface area (Å²) >= 11 is 0. The minimum absolute atomic E-state index is 0.282. The maximum absolute atomic E-state index is 15.7. The first-order valence-electron chi connectivity index (χ1n) is 9.83. The lowest BCUT2D eigenvalue weighted by atomic mass is 9.96. The van der Waals surface area contributed by atoms with E-state index in [1.807, 2.05) is 19.1 Å². The minimum atomic E-state index is -0.282. The van der Waals surface area contributed by atoms with Gasteiger partial charge >= 0.3 is 0 Å². The van der Waals surface area contributed by atoms with Gasteiger partial charge in [0.05, 0.1) is 17.9 Å². The standard InChI is InChI=1S/C21H24FN5O/c1-11-5-17(23-2)27-21(25-11)26-16-8-12-3-4-28-20(12)18(19(16)22)13-6-14-9-24-10-15(14)7-13/h5-6,8,14-15,24H,3-4,7,9-10H2,1-2H3,(H2,23,25,26,27)/t14-,15+/m1/s1. The summed E-state index contributed by atoms with van der Waals surface area (Å²) in [6.45, 7) is 4.46. The van der Waals surface area contributed by atoms with Crippen molar-refractivity contribution in [1.82, 2.24) is 15.3 Å². The number of nitrogens with one attached hydrogen (secondary N) is 3. The Balaban J connectivity index is 1.56. The topological polar surface area (TPSA) is 71.1 Å². The molecule has 0 saturated carbocycles. The molecule has 0 spiro atoms. The number of benzene rings is 1. The molecule has 6 nitrogen and oxygen atoms in total. The lowest BCUT2D eigenvalue weighted by Crippen LogP contribution is -2.10. The number of halogens is 1. The van der Waals surface area contributed by atoms with E-state index < -0.39 is 0 Å². The summed E-state index contributed by atoms with van der Waals surface area (Å²) in [4.78, 5) is 8.80. The van der Waals surface area contributed by atoms with Gasteiger partial charge in [0.2, 0.25) is 5.95 Å². The van der Waals surface area contributed by atoms with Gasteiger partial charge in [-0.1, -0.05) is 6.08 Å². The van der Waals surface area contributed by atoms with Gasteiger partial charge in [-0.25, -0.2) is 9.37 Å². The van der Waals surface area contributed by atoms with Gasteiger partial charge in [-0.05, 0) is 43.4 Å². The third-order valence-electron chi connectivity index (χ3n) is 5.88. The Labute approximate surface area is 163 Å². The van der Waals surface area contributed by atoms with Gasteiger partial charge in [0.15, 0.2) is 5.82 Å². The molecule has 0 radical (unpaired) electrons. The van der Waals surface area contributed by atoms with E-state index in [9.17, 15) is 0 Å². The van der Waals surface area contributed by atoms with Gasteiger partial charge < -0.3 is 20.7 Å². The molecule has 5 rings (SSSR count). The second kappa shape index (κ2) is 6.74. The third-order valence-corrected chi connectivity index (χ3v) is 5.88. The van der Waals surface area contributed by atoms with Crippen molar-refractivity contribution in [3.05, 3.63) is 40.8 Å². The van der Waals surface area contributed by atoms with Crippen LogP contribution in [-0.4, -0.2) is 36.7 Å². The highest BCUT2D eigenvalue weighted by Crippen LogP contribution is 2.46. The Hall–Kier alpha value is -2.67. The summed E-state index contributed by atoms with van der Waals surface area (Å²) < 4.78 is 21.5. The third kappa shape index (κ3) is 2.90. The fourth-order valence-electron chi connectivity index (χ4n) is 4.53. The van der Waals surface area contributed by atoms with Crippen molar-refractivity contribution >= 4 is 23.0 Å². The summed E-state index contributed by atoms with van der Waals surface area (Å²) in [5.41, 5.74) is 3.94. The lowest BCUT2D eigenvalue weighted by molar-refractivity contribution is 0.354. The summed E-state index contributed by atoms with van der Waals surface area (Å²) in [5.74, 6) is 2.55. The van der Waals surface area contributed by atoms with Crippen molar-refractivity contribution in [2.75, 3.05) is 37.4 Å². The normalized spacial score (nSPS) is 22.5. The molecule has 2 aliphatic heterocycles. The van der Waals surface area contributed by atoms with E-state index in [0.717, 1.165) is 42.8 Å². The van der Waals surface area contributed by atoms with E-state index in [2.05, 4.69) is 32.0 Å². The first kappa shape index (κ1) is 17.4. The van der Waals surface area contributed by atoms with Crippen molar-refractivity contribution in [2.24, 2.45) is 11.8 Å². The number of aromatic nitrogens is 2. The van der Waals surface area contributed by atoms with Crippen molar-refractivity contribution in [1.29, 1.82) is 0 Å². The lowest BCUT2D eigenvalue weighted by Gasteiger charge is -2.16. The summed E-state index contributed by atoms with van der Waals surface area (Å²) in [5, 5.41) is 9.53. The van der Waals surface area contributed by atoms with Gasteiger partial charge in [0.25, 0.3) is 0 Å². The van der Waals surface area contributed by atoms with Crippen LogP contribution in [0.5, 0.6) is 5.75 Å². The highest BCUT2D eigenvalue weighted by atomic mass is 19.1. The fourth-order valence-corrected chi connectivity index (χ4v) is 4.53. The molecule has 0 bridgehead atoms. The number of nitrogens with zero attached hydrogens (tertiary/aromatic N) is 2. The molecule has 0 amide bonds. The molecule has 1 saturated heterocycles. The number of fused-ring (bicyclic) bond motifs is 2. The summed E-state index contributed by atoms with van der Waals surface area (Å²) in [6, 6.07) is 3.68. The average Bonchev–Trinajstić information content (AvgIpc) is 3.37. The van der Waals surface area contributed by atoms with E-state index in [0.29, 0.717) is 47.2 Å². The smallest absolute Gasteiger partial charge is 0.229 e. The van der Waals surface area contributed by atoms with Crippen molar-refractivity contribution in [3.8, 4) is 5.75 Å². The predicted octanol–water partition coefficient (Wildman–Crippen LogP) is 3.27. The Morgan fingerprint density at radius 3 is 2.96 bits per heavy atom. The van der Waals surface area contributed by atoms with E-state index in [1.54, 1.807) is 7.05 Å². The Morgan fingerprint density at radius 2 is 2.14 bits per heavy atom.